The second kappa shape index (κ2) is 12.5. The highest BCUT2D eigenvalue weighted by Gasteiger charge is 2.30. The quantitative estimate of drug-likeness (QED) is 0.442. The number of anilines is 1. The molecule has 2 amide bonds. The zero-order chi connectivity index (χ0) is 26.2. The van der Waals surface area contributed by atoms with Crippen LogP contribution in [0.3, 0.4) is 0 Å². The molecule has 2 aromatic rings. The van der Waals surface area contributed by atoms with Crippen molar-refractivity contribution in [2.75, 3.05) is 30.8 Å². The number of benzene rings is 2. The van der Waals surface area contributed by atoms with Crippen molar-refractivity contribution in [3.8, 4) is 5.75 Å². The van der Waals surface area contributed by atoms with Crippen LogP contribution in [0.1, 0.15) is 32.3 Å². The van der Waals surface area contributed by atoms with Crippen LogP contribution in [0.2, 0.25) is 0 Å². The Morgan fingerprint density at radius 1 is 1.09 bits per heavy atom. The van der Waals surface area contributed by atoms with E-state index in [-0.39, 0.29) is 18.1 Å². The molecule has 2 aromatic carbocycles. The van der Waals surface area contributed by atoms with E-state index in [1.165, 1.54) is 12.0 Å². The Balaban J connectivity index is 2.36. The minimum absolute atomic E-state index is 0.0145. The van der Waals surface area contributed by atoms with Crippen LogP contribution in [0.15, 0.2) is 42.5 Å². The first-order valence-electron chi connectivity index (χ1n) is 11.1. The van der Waals surface area contributed by atoms with Gasteiger partial charge in [0.25, 0.3) is 0 Å². The largest absolute Gasteiger partial charge is 0.497 e. The van der Waals surface area contributed by atoms with Gasteiger partial charge in [0, 0.05) is 19.2 Å². The molecule has 0 fully saturated rings. The molecule has 0 aliphatic rings. The molecule has 0 radical (unpaired) electrons. The number of ether oxygens (including phenoxy) is 1. The van der Waals surface area contributed by atoms with Crippen molar-refractivity contribution >= 4 is 27.5 Å². The van der Waals surface area contributed by atoms with Gasteiger partial charge in [0.1, 0.15) is 18.3 Å². The number of sulfonamides is 1. The average Bonchev–Trinajstić information content (AvgIpc) is 2.82. The van der Waals surface area contributed by atoms with Crippen molar-refractivity contribution in [3.63, 3.8) is 0 Å². The lowest BCUT2D eigenvalue weighted by Crippen LogP contribution is -2.51. The van der Waals surface area contributed by atoms with Crippen LogP contribution >= 0.6 is 0 Å². The number of nitrogens with zero attached hydrogens (tertiary/aromatic N) is 2. The van der Waals surface area contributed by atoms with E-state index in [1.807, 2.05) is 6.92 Å². The second-order valence-electron chi connectivity index (χ2n) is 8.06. The van der Waals surface area contributed by atoms with Crippen molar-refractivity contribution < 1.29 is 31.5 Å². The molecule has 0 saturated heterocycles. The fraction of sp³-hybridized carbons (Fsp3) is 0.417. The second-order valence-corrected chi connectivity index (χ2v) is 9.97. The van der Waals surface area contributed by atoms with Gasteiger partial charge in [-0.2, -0.15) is 0 Å². The molecule has 1 atom stereocenters. The van der Waals surface area contributed by atoms with Crippen LogP contribution in [-0.2, 0) is 26.2 Å². The van der Waals surface area contributed by atoms with Crippen LogP contribution in [0.4, 0.5) is 14.5 Å². The number of carbonyl (C=O) groups is 2. The molecule has 2 rings (SSSR count). The Hall–Kier alpha value is -3.21. The van der Waals surface area contributed by atoms with E-state index in [4.69, 9.17) is 4.74 Å². The summed E-state index contributed by atoms with van der Waals surface area (Å²) in [7, 11) is -2.52. The Bertz CT molecular complexity index is 1130. The normalized spacial score (nSPS) is 12.1. The van der Waals surface area contributed by atoms with Gasteiger partial charge in [-0.3, -0.25) is 13.9 Å². The monoisotopic (exact) mass is 511 g/mol. The fourth-order valence-electron chi connectivity index (χ4n) is 3.30. The van der Waals surface area contributed by atoms with Gasteiger partial charge in [-0.1, -0.05) is 25.5 Å². The van der Waals surface area contributed by atoms with Gasteiger partial charge in [-0.25, -0.2) is 17.2 Å². The zero-order valence-corrected chi connectivity index (χ0v) is 21.1. The number of hydrogen-bond acceptors (Lipinski definition) is 5. The molecule has 192 valence electrons. The van der Waals surface area contributed by atoms with Crippen LogP contribution in [0.25, 0.3) is 0 Å². The Labute approximate surface area is 204 Å². The van der Waals surface area contributed by atoms with Crippen LogP contribution in [0, 0.1) is 11.6 Å². The number of methoxy groups -OCH3 is 1. The van der Waals surface area contributed by atoms with E-state index < -0.39 is 40.2 Å². The van der Waals surface area contributed by atoms with Crippen molar-refractivity contribution in [2.24, 2.45) is 0 Å². The van der Waals surface area contributed by atoms with Crippen LogP contribution < -0.4 is 14.4 Å². The van der Waals surface area contributed by atoms with E-state index in [2.05, 4.69) is 5.32 Å². The molecule has 0 heterocycles. The first-order chi connectivity index (χ1) is 16.5. The number of nitrogens with one attached hydrogen (secondary N) is 1. The topological polar surface area (TPSA) is 96.0 Å². The zero-order valence-electron chi connectivity index (χ0n) is 20.3. The Kier molecular flexibility index (Phi) is 10.00. The van der Waals surface area contributed by atoms with E-state index in [1.54, 1.807) is 31.2 Å². The summed E-state index contributed by atoms with van der Waals surface area (Å²) in [5, 5.41) is 2.78. The lowest BCUT2D eigenvalue weighted by Gasteiger charge is -2.31. The third kappa shape index (κ3) is 7.91. The lowest BCUT2D eigenvalue weighted by atomic mass is 10.1. The summed E-state index contributed by atoms with van der Waals surface area (Å²) in [4.78, 5) is 27.4. The molecular weight excluding hydrogens is 480 g/mol. The van der Waals surface area contributed by atoms with Gasteiger partial charge < -0.3 is 15.0 Å². The van der Waals surface area contributed by atoms with Crippen LogP contribution in [-0.4, -0.2) is 57.6 Å². The molecule has 11 heteroatoms. The number of amides is 2. The van der Waals surface area contributed by atoms with E-state index in [9.17, 15) is 26.8 Å². The van der Waals surface area contributed by atoms with Crippen molar-refractivity contribution in [3.05, 3.63) is 59.7 Å². The van der Waals surface area contributed by atoms with Gasteiger partial charge in [-0.15, -0.1) is 0 Å². The number of unbranched alkanes of at least 4 members (excludes halogenated alkanes) is 1. The first-order valence-corrected chi connectivity index (χ1v) is 13.0. The van der Waals surface area contributed by atoms with Crippen molar-refractivity contribution in [1.29, 1.82) is 0 Å². The Morgan fingerprint density at radius 3 is 2.29 bits per heavy atom. The molecule has 0 aliphatic carbocycles. The third-order valence-electron chi connectivity index (χ3n) is 5.38. The number of halogens is 2. The molecule has 0 aliphatic heterocycles. The number of rotatable bonds is 12. The molecule has 1 unspecified atom stereocenters. The van der Waals surface area contributed by atoms with Gasteiger partial charge in [0.15, 0.2) is 11.6 Å². The highest BCUT2D eigenvalue weighted by Crippen LogP contribution is 2.22. The molecule has 0 spiro atoms. The third-order valence-corrected chi connectivity index (χ3v) is 6.52. The number of carbonyl (C=O) groups excluding carboxylic acids is 2. The lowest BCUT2D eigenvalue weighted by molar-refractivity contribution is -0.139. The molecule has 0 aromatic heterocycles. The summed E-state index contributed by atoms with van der Waals surface area (Å²) < 4.78 is 57.9. The van der Waals surface area contributed by atoms with E-state index in [0.29, 0.717) is 28.2 Å². The molecule has 8 nitrogen and oxygen atoms in total. The predicted octanol–water partition coefficient (Wildman–Crippen LogP) is 3.07. The minimum Gasteiger partial charge on any atom is -0.497 e. The van der Waals surface area contributed by atoms with Crippen molar-refractivity contribution in [2.45, 2.75) is 39.3 Å². The summed E-state index contributed by atoms with van der Waals surface area (Å²) in [6.45, 7) is 3.28. The van der Waals surface area contributed by atoms with E-state index in [0.717, 1.165) is 31.2 Å². The molecule has 0 bridgehead atoms. The molecule has 35 heavy (non-hydrogen) atoms. The summed E-state index contributed by atoms with van der Waals surface area (Å²) in [5.41, 5.74) is 0.482. The molecular formula is C24H31F2N3O5S. The van der Waals surface area contributed by atoms with Crippen LogP contribution in [0.5, 0.6) is 5.75 Å². The van der Waals surface area contributed by atoms with E-state index >= 15 is 0 Å². The Morgan fingerprint density at radius 2 is 1.74 bits per heavy atom. The maximum absolute atomic E-state index is 13.8. The maximum atomic E-state index is 13.8. The summed E-state index contributed by atoms with van der Waals surface area (Å²) in [5.74, 6) is -2.86. The van der Waals surface area contributed by atoms with Crippen molar-refractivity contribution in [1.82, 2.24) is 10.2 Å². The van der Waals surface area contributed by atoms with Gasteiger partial charge >= 0.3 is 0 Å². The summed E-state index contributed by atoms with van der Waals surface area (Å²) in [6, 6.07) is 8.50. The highest BCUT2D eigenvalue weighted by atomic mass is 32.2. The first kappa shape index (κ1) is 28.0. The fourth-order valence-corrected chi connectivity index (χ4v) is 4.14. The maximum Gasteiger partial charge on any atom is 0.244 e. The predicted molar refractivity (Wildman–Crippen MR) is 129 cm³/mol. The van der Waals surface area contributed by atoms with Gasteiger partial charge in [0.2, 0.25) is 21.8 Å². The highest BCUT2D eigenvalue weighted by molar-refractivity contribution is 7.92. The van der Waals surface area contributed by atoms with Gasteiger partial charge in [0.05, 0.1) is 19.1 Å². The smallest absolute Gasteiger partial charge is 0.244 e. The SMILES string of the molecule is CCCCNC(=O)C(C)N(Cc1ccc(OC)cc1)C(=O)CN(c1ccc(F)c(F)c1)S(C)(=O)=O. The number of hydrogen-bond donors (Lipinski definition) is 1. The minimum atomic E-state index is -4.04. The standard InChI is InChI=1S/C24H31F2N3O5S/c1-5-6-13-27-24(31)17(2)28(15-18-7-10-20(34-3)11-8-18)23(30)16-29(35(4,32)33)19-9-12-21(25)22(26)14-19/h7-12,14,17H,5-6,13,15-16H2,1-4H3,(H,27,31). The summed E-state index contributed by atoms with van der Waals surface area (Å²) >= 11 is 0. The summed E-state index contributed by atoms with van der Waals surface area (Å²) in [6.07, 6.45) is 2.50. The molecule has 1 N–H and O–H groups in total. The van der Waals surface area contributed by atoms with Gasteiger partial charge in [-0.05, 0) is 43.2 Å². The average molecular weight is 512 g/mol. The molecule has 0 saturated carbocycles.